The number of benzene rings is 1. The number of aromatic nitrogens is 2. The molecule has 0 bridgehead atoms. The lowest BCUT2D eigenvalue weighted by Gasteiger charge is -2.18. The first-order valence-electron chi connectivity index (χ1n) is 6.28. The predicted octanol–water partition coefficient (Wildman–Crippen LogP) is 2.79. The summed E-state index contributed by atoms with van der Waals surface area (Å²) < 4.78 is 28.9. The first-order valence-corrected chi connectivity index (χ1v) is 6.28. The van der Waals surface area contributed by atoms with E-state index in [1.807, 2.05) is 6.92 Å². The lowest BCUT2D eigenvalue weighted by molar-refractivity contribution is 0.535. The van der Waals surface area contributed by atoms with Gasteiger partial charge in [-0.3, -0.25) is 4.68 Å². The van der Waals surface area contributed by atoms with E-state index in [1.54, 1.807) is 24.1 Å². The van der Waals surface area contributed by atoms with Crippen LogP contribution in [0.1, 0.15) is 30.5 Å². The SMILES string of the molecule is CCCNC(c1cnn(C)c1)c1cc(F)ccc1F. The number of hydrogen-bond donors (Lipinski definition) is 1. The molecule has 1 unspecified atom stereocenters. The summed E-state index contributed by atoms with van der Waals surface area (Å²) in [7, 11) is 1.79. The lowest BCUT2D eigenvalue weighted by atomic mass is 10.0. The smallest absolute Gasteiger partial charge is 0.128 e. The highest BCUT2D eigenvalue weighted by Crippen LogP contribution is 2.24. The Morgan fingerprint density at radius 1 is 1.37 bits per heavy atom. The van der Waals surface area contributed by atoms with Gasteiger partial charge < -0.3 is 5.32 Å². The molecule has 1 aromatic heterocycles. The van der Waals surface area contributed by atoms with Crippen molar-refractivity contribution in [3.63, 3.8) is 0 Å². The summed E-state index contributed by atoms with van der Waals surface area (Å²) >= 11 is 0. The minimum Gasteiger partial charge on any atom is -0.306 e. The third kappa shape index (κ3) is 3.17. The second-order valence-corrected chi connectivity index (χ2v) is 4.50. The van der Waals surface area contributed by atoms with Crippen molar-refractivity contribution in [3.05, 3.63) is 53.4 Å². The monoisotopic (exact) mass is 265 g/mol. The van der Waals surface area contributed by atoms with Crippen LogP contribution in [-0.2, 0) is 7.05 Å². The van der Waals surface area contributed by atoms with E-state index in [0.29, 0.717) is 5.56 Å². The van der Waals surface area contributed by atoms with Crippen LogP contribution in [0.3, 0.4) is 0 Å². The molecule has 3 nitrogen and oxygen atoms in total. The molecule has 0 aliphatic carbocycles. The summed E-state index contributed by atoms with van der Waals surface area (Å²) in [5.74, 6) is -0.859. The molecule has 0 saturated heterocycles. The molecule has 0 spiro atoms. The summed E-state index contributed by atoms with van der Waals surface area (Å²) in [6.07, 6.45) is 4.38. The maximum absolute atomic E-state index is 13.9. The van der Waals surface area contributed by atoms with Crippen LogP contribution in [-0.4, -0.2) is 16.3 Å². The molecule has 102 valence electrons. The molecule has 1 atom stereocenters. The van der Waals surface area contributed by atoms with Crippen molar-refractivity contribution in [3.8, 4) is 0 Å². The largest absolute Gasteiger partial charge is 0.306 e. The summed E-state index contributed by atoms with van der Waals surface area (Å²) in [5.41, 5.74) is 1.13. The van der Waals surface area contributed by atoms with E-state index in [0.717, 1.165) is 30.7 Å². The first-order chi connectivity index (χ1) is 9.11. The standard InChI is InChI=1S/C14H17F2N3/c1-3-6-17-14(10-8-18-19(2)9-10)12-7-11(15)4-5-13(12)16/h4-5,7-9,14,17H,3,6H2,1-2H3. The molecule has 0 aliphatic heterocycles. The fourth-order valence-electron chi connectivity index (χ4n) is 2.02. The van der Waals surface area contributed by atoms with Crippen LogP contribution in [0, 0.1) is 11.6 Å². The van der Waals surface area contributed by atoms with E-state index in [-0.39, 0.29) is 6.04 Å². The fourth-order valence-corrected chi connectivity index (χ4v) is 2.02. The zero-order chi connectivity index (χ0) is 13.8. The molecule has 0 fully saturated rings. The van der Waals surface area contributed by atoms with Gasteiger partial charge in [-0.05, 0) is 31.2 Å². The topological polar surface area (TPSA) is 29.9 Å². The molecule has 0 radical (unpaired) electrons. The van der Waals surface area contributed by atoms with Crippen LogP contribution in [0.4, 0.5) is 8.78 Å². The summed E-state index contributed by atoms with van der Waals surface area (Å²) in [6.45, 7) is 2.74. The van der Waals surface area contributed by atoms with E-state index in [9.17, 15) is 8.78 Å². The lowest BCUT2D eigenvalue weighted by Crippen LogP contribution is -2.24. The van der Waals surface area contributed by atoms with Gasteiger partial charge in [0.1, 0.15) is 11.6 Å². The van der Waals surface area contributed by atoms with Gasteiger partial charge in [0.05, 0.1) is 12.2 Å². The second kappa shape index (κ2) is 5.93. The second-order valence-electron chi connectivity index (χ2n) is 4.50. The number of aryl methyl sites for hydroxylation is 1. The van der Waals surface area contributed by atoms with Crippen molar-refractivity contribution in [2.75, 3.05) is 6.54 Å². The van der Waals surface area contributed by atoms with Crippen molar-refractivity contribution in [2.45, 2.75) is 19.4 Å². The first kappa shape index (κ1) is 13.7. The molecule has 0 saturated carbocycles. The highest BCUT2D eigenvalue weighted by molar-refractivity contribution is 5.30. The highest BCUT2D eigenvalue weighted by Gasteiger charge is 2.19. The minimum absolute atomic E-state index is 0.307. The average Bonchev–Trinajstić information content (AvgIpc) is 2.80. The Bertz CT molecular complexity index is 551. The Labute approximate surface area is 111 Å². The zero-order valence-electron chi connectivity index (χ0n) is 11.0. The third-order valence-electron chi connectivity index (χ3n) is 2.93. The van der Waals surface area contributed by atoms with Gasteiger partial charge in [0.2, 0.25) is 0 Å². The van der Waals surface area contributed by atoms with Crippen molar-refractivity contribution in [1.29, 1.82) is 0 Å². The number of nitrogens with zero attached hydrogens (tertiary/aromatic N) is 2. The molecule has 2 aromatic rings. The molecule has 0 amide bonds. The number of hydrogen-bond acceptors (Lipinski definition) is 2. The van der Waals surface area contributed by atoms with Gasteiger partial charge >= 0.3 is 0 Å². The molecule has 1 aromatic carbocycles. The molecule has 2 rings (SSSR count). The molecule has 1 N–H and O–H groups in total. The Kier molecular flexibility index (Phi) is 4.27. The van der Waals surface area contributed by atoms with Crippen LogP contribution >= 0.6 is 0 Å². The molecule has 19 heavy (non-hydrogen) atoms. The maximum atomic E-state index is 13.9. The average molecular weight is 265 g/mol. The van der Waals surface area contributed by atoms with Crippen LogP contribution in [0.25, 0.3) is 0 Å². The van der Waals surface area contributed by atoms with E-state index in [1.165, 1.54) is 6.07 Å². The van der Waals surface area contributed by atoms with Crippen LogP contribution in [0.2, 0.25) is 0 Å². The van der Waals surface area contributed by atoms with Crippen molar-refractivity contribution in [1.82, 2.24) is 15.1 Å². The molecular formula is C14H17F2N3. The zero-order valence-corrected chi connectivity index (χ0v) is 11.0. The quantitative estimate of drug-likeness (QED) is 0.901. The van der Waals surface area contributed by atoms with Gasteiger partial charge in [0.15, 0.2) is 0 Å². The van der Waals surface area contributed by atoms with Gasteiger partial charge in [-0.1, -0.05) is 6.92 Å². The van der Waals surface area contributed by atoms with Crippen molar-refractivity contribution < 1.29 is 8.78 Å². The predicted molar refractivity (Wildman–Crippen MR) is 69.7 cm³/mol. The number of nitrogens with one attached hydrogen (secondary N) is 1. The Balaban J connectivity index is 2.39. The van der Waals surface area contributed by atoms with Gasteiger partial charge in [0.25, 0.3) is 0 Å². The summed E-state index contributed by atoms with van der Waals surface area (Å²) in [4.78, 5) is 0. The normalized spacial score (nSPS) is 12.6. The van der Waals surface area contributed by atoms with Crippen molar-refractivity contribution >= 4 is 0 Å². The number of halogens is 2. The van der Waals surface area contributed by atoms with Gasteiger partial charge in [-0.25, -0.2) is 8.78 Å². The maximum Gasteiger partial charge on any atom is 0.128 e. The minimum atomic E-state index is -0.441. The van der Waals surface area contributed by atoms with Gasteiger partial charge in [-0.15, -0.1) is 0 Å². The Hall–Kier alpha value is -1.75. The highest BCUT2D eigenvalue weighted by atomic mass is 19.1. The molecule has 1 heterocycles. The van der Waals surface area contributed by atoms with Gasteiger partial charge in [-0.2, -0.15) is 5.10 Å². The third-order valence-corrected chi connectivity index (χ3v) is 2.93. The molecule has 5 heteroatoms. The van der Waals surface area contributed by atoms with E-state index in [4.69, 9.17) is 0 Å². The van der Waals surface area contributed by atoms with E-state index < -0.39 is 11.6 Å². The van der Waals surface area contributed by atoms with E-state index in [2.05, 4.69) is 10.4 Å². The van der Waals surface area contributed by atoms with Gasteiger partial charge in [0, 0.05) is 24.4 Å². The summed E-state index contributed by atoms with van der Waals surface area (Å²) in [6, 6.07) is 3.13. The Morgan fingerprint density at radius 3 is 2.79 bits per heavy atom. The Morgan fingerprint density at radius 2 is 2.16 bits per heavy atom. The number of rotatable bonds is 5. The fraction of sp³-hybridized carbons (Fsp3) is 0.357. The molecular weight excluding hydrogens is 248 g/mol. The van der Waals surface area contributed by atoms with Crippen LogP contribution in [0.5, 0.6) is 0 Å². The van der Waals surface area contributed by atoms with Crippen LogP contribution in [0.15, 0.2) is 30.6 Å². The van der Waals surface area contributed by atoms with Crippen LogP contribution < -0.4 is 5.32 Å². The van der Waals surface area contributed by atoms with E-state index >= 15 is 0 Å². The summed E-state index contributed by atoms with van der Waals surface area (Å²) in [5, 5.41) is 7.31. The van der Waals surface area contributed by atoms with Crippen molar-refractivity contribution in [2.24, 2.45) is 7.05 Å². The molecule has 0 aliphatic rings.